The van der Waals surface area contributed by atoms with E-state index in [1.165, 1.54) is 19.3 Å². The maximum absolute atomic E-state index is 13.4. The van der Waals surface area contributed by atoms with Crippen molar-refractivity contribution in [3.8, 4) is 0 Å². The maximum Gasteiger partial charge on any atom is 0.292 e. The third kappa shape index (κ3) is 2.98. The van der Waals surface area contributed by atoms with Crippen LogP contribution in [0.4, 0.5) is 5.82 Å². The van der Waals surface area contributed by atoms with Crippen LogP contribution in [0.5, 0.6) is 0 Å². The van der Waals surface area contributed by atoms with Crippen molar-refractivity contribution in [1.82, 2.24) is 14.9 Å². The summed E-state index contributed by atoms with van der Waals surface area (Å²) in [5, 5.41) is 0. The lowest BCUT2D eigenvalue weighted by Gasteiger charge is -2.41. The zero-order chi connectivity index (χ0) is 18.3. The van der Waals surface area contributed by atoms with Crippen molar-refractivity contribution in [3.05, 3.63) is 17.1 Å². The zero-order valence-corrected chi connectivity index (χ0v) is 16.1. The lowest BCUT2D eigenvalue weighted by atomic mass is 9.79. The Morgan fingerprint density at radius 1 is 1.08 bits per heavy atom. The van der Waals surface area contributed by atoms with Gasteiger partial charge in [0.05, 0.1) is 0 Å². The summed E-state index contributed by atoms with van der Waals surface area (Å²) in [5.41, 5.74) is 8.10. The van der Waals surface area contributed by atoms with E-state index < -0.39 is 0 Å². The summed E-state index contributed by atoms with van der Waals surface area (Å²) in [5.74, 6) is 1.29. The molecule has 2 aliphatic heterocycles. The van der Waals surface area contributed by atoms with Gasteiger partial charge in [-0.25, -0.2) is 9.97 Å². The molecule has 1 saturated carbocycles. The number of anilines is 1. The number of carbonyl (C=O) groups is 1. The number of amides is 1. The molecule has 26 heavy (non-hydrogen) atoms. The molecule has 1 atom stereocenters. The maximum atomic E-state index is 13.4. The van der Waals surface area contributed by atoms with E-state index in [4.69, 9.17) is 10.7 Å². The first-order valence-electron chi connectivity index (χ1n) is 10.2. The molecule has 4 rings (SSSR count). The van der Waals surface area contributed by atoms with Gasteiger partial charge in [-0.15, -0.1) is 0 Å². The molecule has 0 bridgehead atoms. The molecule has 1 aromatic rings. The summed E-state index contributed by atoms with van der Waals surface area (Å²) < 4.78 is 0. The number of aromatic nitrogens is 2. The number of carbonyl (C=O) groups excluding carboxylic acids is 1. The Morgan fingerprint density at radius 3 is 2.50 bits per heavy atom. The molecule has 0 radical (unpaired) electrons. The minimum Gasteiger partial charge on any atom is -0.355 e. The lowest BCUT2D eigenvalue weighted by molar-refractivity contribution is 0.0487. The van der Waals surface area contributed by atoms with E-state index in [1.54, 1.807) is 0 Å². The summed E-state index contributed by atoms with van der Waals surface area (Å²) in [7, 11) is 0. The fourth-order valence-electron chi connectivity index (χ4n) is 5.10. The van der Waals surface area contributed by atoms with E-state index in [9.17, 15) is 4.79 Å². The topological polar surface area (TPSA) is 75.4 Å². The molecule has 3 heterocycles. The van der Waals surface area contributed by atoms with Crippen molar-refractivity contribution in [1.29, 1.82) is 0 Å². The van der Waals surface area contributed by atoms with Crippen LogP contribution >= 0.6 is 0 Å². The van der Waals surface area contributed by atoms with Crippen LogP contribution in [0, 0.1) is 13.8 Å². The largest absolute Gasteiger partial charge is 0.355 e. The molecule has 2 saturated heterocycles. The van der Waals surface area contributed by atoms with Crippen molar-refractivity contribution in [2.75, 3.05) is 24.5 Å². The van der Waals surface area contributed by atoms with Crippen LogP contribution in [-0.2, 0) is 0 Å². The van der Waals surface area contributed by atoms with Gasteiger partial charge in [0.25, 0.3) is 5.91 Å². The number of nitrogens with two attached hydrogens (primary N) is 1. The van der Waals surface area contributed by atoms with Crippen LogP contribution in [0.1, 0.15) is 73.2 Å². The number of hydrogen-bond acceptors (Lipinski definition) is 5. The molecule has 3 fully saturated rings. The highest BCUT2D eigenvalue weighted by Crippen LogP contribution is 2.42. The molecule has 1 spiro atoms. The highest BCUT2D eigenvalue weighted by molar-refractivity contribution is 5.92. The number of likely N-dealkylation sites (tertiary alicyclic amines) is 1. The van der Waals surface area contributed by atoms with E-state index in [0.29, 0.717) is 5.82 Å². The zero-order valence-electron chi connectivity index (χ0n) is 16.1. The van der Waals surface area contributed by atoms with Crippen LogP contribution in [0.25, 0.3) is 0 Å². The predicted molar refractivity (Wildman–Crippen MR) is 102 cm³/mol. The van der Waals surface area contributed by atoms with Crippen LogP contribution in [0.2, 0.25) is 0 Å². The molecule has 1 aromatic heterocycles. The van der Waals surface area contributed by atoms with Gasteiger partial charge in [0.2, 0.25) is 5.82 Å². The second-order valence-corrected chi connectivity index (χ2v) is 8.42. The van der Waals surface area contributed by atoms with E-state index in [2.05, 4.69) is 14.8 Å². The Bertz CT molecular complexity index is 698. The molecule has 142 valence electrons. The van der Waals surface area contributed by atoms with Crippen molar-refractivity contribution in [2.45, 2.75) is 76.8 Å². The standard InChI is InChI=1S/C20H31N5O/c1-14-15(2)22-17(23-18(14)24-12-7-16(21)13-24)19(26)25-11-6-10-20(25)8-4-3-5-9-20/h16H,3-13,21H2,1-2H3/t16-/m1/s1. The van der Waals surface area contributed by atoms with Crippen LogP contribution in [-0.4, -0.2) is 52.0 Å². The first-order valence-corrected chi connectivity index (χ1v) is 10.2. The number of aryl methyl sites for hydroxylation is 1. The highest BCUT2D eigenvalue weighted by atomic mass is 16.2. The van der Waals surface area contributed by atoms with Crippen molar-refractivity contribution in [3.63, 3.8) is 0 Å². The van der Waals surface area contributed by atoms with E-state index in [-0.39, 0.29) is 17.5 Å². The summed E-state index contributed by atoms with van der Waals surface area (Å²) >= 11 is 0. The van der Waals surface area contributed by atoms with Gasteiger partial charge >= 0.3 is 0 Å². The lowest BCUT2D eigenvalue weighted by Crippen LogP contribution is -2.49. The molecule has 6 heteroatoms. The first kappa shape index (κ1) is 17.7. The summed E-state index contributed by atoms with van der Waals surface area (Å²) in [6.45, 7) is 6.58. The summed E-state index contributed by atoms with van der Waals surface area (Å²) in [4.78, 5) is 27.0. The van der Waals surface area contributed by atoms with Crippen molar-refractivity contribution in [2.24, 2.45) is 5.73 Å². The first-order chi connectivity index (χ1) is 12.5. The van der Waals surface area contributed by atoms with E-state index in [0.717, 1.165) is 68.8 Å². The number of hydrogen-bond donors (Lipinski definition) is 1. The van der Waals surface area contributed by atoms with Gasteiger partial charge in [-0.2, -0.15) is 0 Å². The van der Waals surface area contributed by atoms with Gasteiger partial charge in [0.1, 0.15) is 5.82 Å². The second kappa shape index (κ2) is 6.80. The Morgan fingerprint density at radius 2 is 1.81 bits per heavy atom. The minimum absolute atomic E-state index is 0.0252. The molecule has 2 N–H and O–H groups in total. The molecule has 1 amide bonds. The minimum atomic E-state index is 0.0252. The Balaban J connectivity index is 1.64. The normalized spacial score (nSPS) is 25.3. The van der Waals surface area contributed by atoms with Gasteiger partial charge in [0, 0.05) is 42.5 Å². The summed E-state index contributed by atoms with van der Waals surface area (Å²) in [6.07, 6.45) is 9.24. The van der Waals surface area contributed by atoms with E-state index in [1.807, 2.05) is 13.8 Å². The molecule has 1 aliphatic carbocycles. The number of rotatable bonds is 2. The second-order valence-electron chi connectivity index (χ2n) is 8.42. The monoisotopic (exact) mass is 357 g/mol. The van der Waals surface area contributed by atoms with Crippen molar-refractivity contribution < 1.29 is 4.79 Å². The quantitative estimate of drug-likeness (QED) is 0.880. The third-order valence-corrected chi connectivity index (χ3v) is 6.70. The van der Waals surface area contributed by atoms with Gasteiger partial charge in [-0.3, -0.25) is 4.79 Å². The van der Waals surface area contributed by atoms with Crippen LogP contribution in [0.3, 0.4) is 0 Å². The average molecular weight is 358 g/mol. The van der Waals surface area contributed by atoms with Gasteiger partial charge < -0.3 is 15.5 Å². The fraction of sp³-hybridized carbons (Fsp3) is 0.750. The average Bonchev–Trinajstić information content (AvgIpc) is 3.24. The Labute approximate surface area is 156 Å². The molecule has 3 aliphatic rings. The molecular formula is C20H31N5O. The van der Waals surface area contributed by atoms with Crippen LogP contribution < -0.4 is 10.6 Å². The fourth-order valence-corrected chi connectivity index (χ4v) is 5.10. The molecule has 6 nitrogen and oxygen atoms in total. The Kier molecular flexibility index (Phi) is 4.63. The highest BCUT2D eigenvalue weighted by Gasteiger charge is 2.45. The molecular weight excluding hydrogens is 326 g/mol. The number of nitrogens with zero attached hydrogens (tertiary/aromatic N) is 4. The summed E-state index contributed by atoms with van der Waals surface area (Å²) in [6, 6.07) is 0.188. The molecule has 0 unspecified atom stereocenters. The predicted octanol–water partition coefficient (Wildman–Crippen LogP) is 2.57. The van der Waals surface area contributed by atoms with Crippen molar-refractivity contribution >= 4 is 11.7 Å². The van der Waals surface area contributed by atoms with Gasteiger partial charge in [-0.1, -0.05) is 19.3 Å². The molecule has 0 aromatic carbocycles. The van der Waals surface area contributed by atoms with Gasteiger partial charge in [0.15, 0.2) is 0 Å². The SMILES string of the molecule is Cc1nc(C(=O)N2CCCC23CCCCC3)nc(N2CC[C@@H](N)C2)c1C. The smallest absolute Gasteiger partial charge is 0.292 e. The van der Waals surface area contributed by atoms with Gasteiger partial charge in [-0.05, 0) is 46.0 Å². The third-order valence-electron chi connectivity index (χ3n) is 6.70. The van der Waals surface area contributed by atoms with E-state index >= 15 is 0 Å². The Hall–Kier alpha value is -1.69. The van der Waals surface area contributed by atoms with Crippen LogP contribution in [0.15, 0.2) is 0 Å².